The number of carbonyl (C=O) groups excluding carboxylic acids is 2. The van der Waals surface area contributed by atoms with E-state index in [0.29, 0.717) is 0 Å². The Balaban J connectivity index is 2.73. The summed E-state index contributed by atoms with van der Waals surface area (Å²) in [6, 6.07) is 0. The third-order valence-electron chi connectivity index (χ3n) is 2.66. The minimum atomic E-state index is -1.02. The van der Waals surface area contributed by atoms with E-state index in [1.165, 1.54) is 4.90 Å². The van der Waals surface area contributed by atoms with Gasteiger partial charge in [0, 0.05) is 13.0 Å². The zero-order valence-corrected chi connectivity index (χ0v) is 11.3. The molecular weight excluding hydrogens is 254 g/mol. The summed E-state index contributed by atoms with van der Waals surface area (Å²) >= 11 is 0. The lowest BCUT2D eigenvalue weighted by atomic mass is 9.96. The highest BCUT2D eigenvalue weighted by Crippen LogP contribution is 2.21. The van der Waals surface area contributed by atoms with Crippen LogP contribution in [0.1, 0.15) is 27.2 Å². The summed E-state index contributed by atoms with van der Waals surface area (Å²) in [6.45, 7) is 5.65. The summed E-state index contributed by atoms with van der Waals surface area (Å²) in [4.78, 5) is 34.5. The van der Waals surface area contributed by atoms with Crippen LogP contribution < -0.4 is 0 Å². The number of aliphatic carboxylic acids is 1. The predicted molar refractivity (Wildman–Crippen MR) is 64.5 cm³/mol. The number of ether oxygens (including phenoxy) is 2. The third-order valence-corrected chi connectivity index (χ3v) is 2.66. The molecule has 1 rings (SSSR count). The molecule has 0 aliphatic carbocycles. The molecule has 0 aromatic rings. The number of carboxylic acid groups (broad SMARTS) is 1. The number of hydrogen-bond donors (Lipinski definition) is 1. The molecule has 1 fully saturated rings. The topological polar surface area (TPSA) is 93.1 Å². The fourth-order valence-electron chi connectivity index (χ4n) is 1.88. The van der Waals surface area contributed by atoms with E-state index < -0.39 is 29.7 Å². The van der Waals surface area contributed by atoms with Crippen molar-refractivity contribution in [1.82, 2.24) is 4.90 Å². The average Bonchev–Trinajstić information content (AvgIpc) is 2.26. The Labute approximate surface area is 111 Å². The van der Waals surface area contributed by atoms with Crippen LogP contribution in [0.4, 0.5) is 4.79 Å². The second kappa shape index (κ2) is 5.90. The van der Waals surface area contributed by atoms with Crippen LogP contribution in [-0.4, -0.2) is 53.3 Å². The monoisotopic (exact) mass is 273 g/mol. The molecule has 1 aliphatic heterocycles. The van der Waals surface area contributed by atoms with Crippen LogP contribution in [0.15, 0.2) is 0 Å². The van der Waals surface area contributed by atoms with Crippen molar-refractivity contribution in [2.24, 2.45) is 5.92 Å². The lowest BCUT2D eigenvalue weighted by Gasteiger charge is -2.35. The maximum absolute atomic E-state index is 11.9. The zero-order valence-electron chi connectivity index (χ0n) is 11.3. The first-order chi connectivity index (χ1) is 8.73. The van der Waals surface area contributed by atoms with E-state index >= 15 is 0 Å². The predicted octanol–water partition coefficient (Wildman–Crippen LogP) is 0.870. The number of carboxylic acids is 1. The van der Waals surface area contributed by atoms with Crippen LogP contribution in [0.5, 0.6) is 0 Å². The van der Waals surface area contributed by atoms with Gasteiger partial charge in [0.15, 0.2) is 0 Å². The second-order valence-electron chi connectivity index (χ2n) is 5.51. The van der Waals surface area contributed by atoms with Gasteiger partial charge in [-0.05, 0) is 20.8 Å². The highest BCUT2D eigenvalue weighted by atomic mass is 16.6. The van der Waals surface area contributed by atoms with Crippen molar-refractivity contribution in [1.29, 1.82) is 0 Å². The van der Waals surface area contributed by atoms with Gasteiger partial charge in [0.1, 0.15) is 11.7 Å². The van der Waals surface area contributed by atoms with E-state index in [1.807, 2.05) is 0 Å². The van der Waals surface area contributed by atoms with Crippen LogP contribution in [-0.2, 0) is 19.1 Å². The molecular formula is C12H19NO6. The van der Waals surface area contributed by atoms with Crippen LogP contribution in [0.25, 0.3) is 0 Å². The second-order valence-corrected chi connectivity index (χ2v) is 5.51. The Bertz CT molecular complexity index is 362. The SMILES string of the molecule is CC(C)(C)OC(=O)N1CC(OC=O)CC(C(=O)O)C1. The van der Waals surface area contributed by atoms with E-state index in [1.54, 1.807) is 20.8 Å². The summed E-state index contributed by atoms with van der Waals surface area (Å²) in [5.74, 6) is -1.78. The molecule has 0 spiro atoms. The first-order valence-electron chi connectivity index (χ1n) is 6.02. The summed E-state index contributed by atoms with van der Waals surface area (Å²) < 4.78 is 9.96. The number of likely N-dealkylation sites (tertiary alicyclic amines) is 1. The van der Waals surface area contributed by atoms with E-state index in [0.717, 1.165) is 0 Å². The van der Waals surface area contributed by atoms with E-state index in [2.05, 4.69) is 0 Å². The third kappa shape index (κ3) is 4.76. The molecule has 0 aromatic heterocycles. The fraction of sp³-hybridized carbons (Fsp3) is 0.750. The van der Waals surface area contributed by atoms with Gasteiger partial charge < -0.3 is 19.5 Å². The van der Waals surface area contributed by atoms with Gasteiger partial charge in [-0.3, -0.25) is 9.59 Å². The molecule has 1 N–H and O–H groups in total. The Morgan fingerprint density at radius 1 is 1.32 bits per heavy atom. The van der Waals surface area contributed by atoms with Crippen LogP contribution in [0.2, 0.25) is 0 Å². The van der Waals surface area contributed by atoms with Crippen molar-refractivity contribution >= 4 is 18.5 Å². The van der Waals surface area contributed by atoms with Crippen LogP contribution in [0, 0.1) is 5.92 Å². The lowest BCUT2D eigenvalue weighted by molar-refractivity contribution is -0.149. The Morgan fingerprint density at radius 2 is 1.95 bits per heavy atom. The molecule has 2 atom stereocenters. The van der Waals surface area contributed by atoms with Gasteiger partial charge in [0.25, 0.3) is 6.47 Å². The quantitative estimate of drug-likeness (QED) is 0.767. The molecule has 2 unspecified atom stereocenters. The maximum atomic E-state index is 11.9. The lowest BCUT2D eigenvalue weighted by Crippen LogP contribution is -2.50. The van der Waals surface area contributed by atoms with Gasteiger partial charge in [-0.15, -0.1) is 0 Å². The van der Waals surface area contributed by atoms with Gasteiger partial charge >= 0.3 is 12.1 Å². The molecule has 0 bridgehead atoms. The van der Waals surface area contributed by atoms with Crippen molar-refractivity contribution < 1.29 is 29.0 Å². The molecule has 0 aromatic carbocycles. The first-order valence-corrected chi connectivity index (χ1v) is 6.02. The highest BCUT2D eigenvalue weighted by Gasteiger charge is 2.36. The first kappa shape index (κ1) is 15.3. The van der Waals surface area contributed by atoms with Crippen molar-refractivity contribution in [3.8, 4) is 0 Å². The summed E-state index contributed by atoms with van der Waals surface area (Å²) in [7, 11) is 0. The van der Waals surface area contributed by atoms with E-state index in [-0.39, 0.29) is 26.0 Å². The average molecular weight is 273 g/mol. The molecule has 0 saturated carbocycles. The van der Waals surface area contributed by atoms with Gasteiger partial charge in [-0.1, -0.05) is 0 Å². The Morgan fingerprint density at radius 3 is 2.42 bits per heavy atom. The van der Waals surface area contributed by atoms with Crippen molar-refractivity contribution in [2.75, 3.05) is 13.1 Å². The maximum Gasteiger partial charge on any atom is 0.410 e. The number of hydrogen-bond acceptors (Lipinski definition) is 5. The van der Waals surface area contributed by atoms with Gasteiger partial charge in [-0.25, -0.2) is 4.79 Å². The summed E-state index contributed by atoms with van der Waals surface area (Å²) in [5, 5.41) is 9.03. The molecule has 1 heterocycles. The largest absolute Gasteiger partial charge is 0.481 e. The van der Waals surface area contributed by atoms with E-state index in [9.17, 15) is 14.4 Å². The molecule has 19 heavy (non-hydrogen) atoms. The Hall–Kier alpha value is -1.79. The Kier molecular flexibility index (Phi) is 4.74. The number of carbonyl (C=O) groups is 3. The van der Waals surface area contributed by atoms with Crippen LogP contribution in [0.3, 0.4) is 0 Å². The standard InChI is InChI=1S/C12H19NO6/c1-12(2,3)19-11(17)13-5-8(10(15)16)4-9(6-13)18-7-14/h7-9H,4-6H2,1-3H3,(H,15,16). The highest BCUT2D eigenvalue weighted by molar-refractivity contribution is 5.73. The van der Waals surface area contributed by atoms with E-state index in [4.69, 9.17) is 14.6 Å². The van der Waals surface area contributed by atoms with Crippen molar-refractivity contribution in [3.63, 3.8) is 0 Å². The molecule has 7 nitrogen and oxygen atoms in total. The molecule has 7 heteroatoms. The molecule has 1 aliphatic rings. The van der Waals surface area contributed by atoms with Crippen LogP contribution >= 0.6 is 0 Å². The molecule has 108 valence electrons. The minimum absolute atomic E-state index is 0.0585. The normalized spacial score (nSPS) is 23.6. The zero-order chi connectivity index (χ0) is 14.6. The minimum Gasteiger partial charge on any atom is -0.481 e. The van der Waals surface area contributed by atoms with Gasteiger partial charge in [-0.2, -0.15) is 0 Å². The number of piperidine rings is 1. The number of rotatable bonds is 3. The van der Waals surface area contributed by atoms with Gasteiger partial charge in [0.2, 0.25) is 0 Å². The number of nitrogens with zero attached hydrogens (tertiary/aromatic N) is 1. The summed E-state index contributed by atoms with van der Waals surface area (Å²) in [5.41, 5.74) is -0.658. The molecule has 1 amide bonds. The number of amides is 1. The van der Waals surface area contributed by atoms with Crippen molar-refractivity contribution in [3.05, 3.63) is 0 Å². The smallest absolute Gasteiger partial charge is 0.410 e. The summed E-state index contributed by atoms with van der Waals surface area (Å²) in [6.07, 6.45) is -1.01. The fourth-order valence-corrected chi connectivity index (χ4v) is 1.88. The molecule has 1 saturated heterocycles. The van der Waals surface area contributed by atoms with Gasteiger partial charge in [0.05, 0.1) is 12.5 Å². The van der Waals surface area contributed by atoms with Crippen molar-refractivity contribution in [2.45, 2.75) is 38.9 Å². The molecule has 0 radical (unpaired) electrons.